The highest BCUT2D eigenvalue weighted by Gasteiger charge is 2.11. The maximum Gasteiger partial charge on any atom is 0.256 e. The molecule has 0 atom stereocenters. The number of hydrogen-bond acceptors (Lipinski definition) is 5. The van der Waals surface area contributed by atoms with Gasteiger partial charge in [0.2, 0.25) is 0 Å². The van der Waals surface area contributed by atoms with Crippen LogP contribution >= 0.6 is 24.8 Å². The van der Waals surface area contributed by atoms with Gasteiger partial charge >= 0.3 is 0 Å². The summed E-state index contributed by atoms with van der Waals surface area (Å²) in [7, 11) is 0. The molecule has 0 aliphatic carbocycles. The summed E-state index contributed by atoms with van der Waals surface area (Å²) >= 11 is 0. The van der Waals surface area contributed by atoms with Crippen LogP contribution in [0.4, 0.5) is 11.6 Å². The summed E-state index contributed by atoms with van der Waals surface area (Å²) in [5, 5.41) is 5.48. The van der Waals surface area contributed by atoms with Crippen molar-refractivity contribution in [1.29, 1.82) is 0 Å². The molecule has 1 heterocycles. The number of nitrogens with one attached hydrogen (secondary N) is 2. The van der Waals surface area contributed by atoms with Crippen molar-refractivity contribution in [3.8, 4) is 0 Å². The number of anilines is 2. The molecule has 11 heteroatoms. The van der Waals surface area contributed by atoms with Gasteiger partial charge in [-0.15, -0.1) is 24.8 Å². The zero-order valence-electron chi connectivity index (χ0n) is 21.6. The van der Waals surface area contributed by atoms with E-state index in [-0.39, 0.29) is 48.7 Å². The van der Waals surface area contributed by atoms with Gasteiger partial charge in [-0.05, 0) is 64.1 Å². The van der Waals surface area contributed by atoms with Crippen LogP contribution in [-0.2, 0) is 0 Å². The average Bonchev–Trinajstić information content (AvgIpc) is 2.83. The fraction of sp³-hybridized carbons (Fsp3) is 0.222. The number of benzene rings is 2. The average molecular weight is 559 g/mol. The highest BCUT2D eigenvalue weighted by Crippen LogP contribution is 2.14. The van der Waals surface area contributed by atoms with Gasteiger partial charge in [-0.1, -0.05) is 30.3 Å². The van der Waals surface area contributed by atoms with E-state index in [2.05, 4.69) is 25.6 Å². The molecule has 0 aliphatic heterocycles. The number of nitrogens with two attached hydrogens (primary N) is 2. The van der Waals surface area contributed by atoms with Crippen LogP contribution in [0.5, 0.6) is 0 Å². The van der Waals surface area contributed by atoms with Crippen LogP contribution in [0.3, 0.4) is 0 Å². The number of nitrogens with zero attached hydrogens (tertiary/aromatic N) is 3. The van der Waals surface area contributed by atoms with Crippen molar-refractivity contribution >= 4 is 59.9 Å². The Labute approximate surface area is 235 Å². The zero-order valence-corrected chi connectivity index (χ0v) is 23.3. The molecule has 0 spiro atoms. The Balaban J connectivity index is 0.00000361. The molecule has 0 saturated heterocycles. The number of halogens is 2. The molecule has 0 fully saturated rings. The molecule has 0 aliphatic rings. The number of aromatic nitrogens is 1. The number of aliphatic imine (C=N–C) groups is 2. The highest BCUT2D eigenvalue weighted by molar-refractivity contribution is 6.06. The quantitative estimate of drug-likeness (QED) is 0.235. The minimum absolute atomic E-state index is 0. The van der Waals surface area contributed by atoms with E-state index < -0.39 is 0 Å². The summed E-state index contributed by atoms with van der Waals surface area (Å²) < 4.78 is 0. The van der Waals surface area contributed by atoms with Crippen molar-refractivity contribution in [3.63, 3.8) is 0 Å². The molecule has 202 valence electrons. The molecule has 2 aromatic carbocycles. The van der Waals surface area contributed by atoms with E-state index in [0.29, 0.717) is 34.4 Å². The predicted octanol–water partition coefficient (Wildman–Crippen LogP) is 4.66. The summed E-state index contributed by atoms with van der Waals surface area (Å²) in [6, 6.07) is 18.8. The van der Waals surface area contributed by atoms with Crippen molar-refractivity contribution in [2.45, 2.75) is 39.8 Å². The van der Waals surface area contributed by atoms with Gasteiger partial charge in [0, 0.05) is 34.3 Å². The number of amidine groups is 2. The molecule has 3 aromatic rings. The normalized spacial score (nSPS) is 11.4. The van der Waals surface area contributed by atoms with Crippen LogP contribution in [0.1, 0.15) is 59.5 Å². The number of hydrogen-bond donors (Lipinski definition) is 4. The molecular weight excluding hydrogens is 525 g/mol. The van der Waals surface area contributed by atoms with Gasteiger partial charge in [0.1, 0.15) is 23.3 Å². The van der Waals surface area contributed by atoms with Crippen LogP contribution in [0, 0.1) is 0 Å². The zero-order chi connectivity index (χ0) is 26.2. The monoisotopic (exact) mass is 557 g/mol. The maximum atomic E-state index is 12.7. The lowest BCUT2D eigenvalue weighted by atomic mass is 10.1. The van der Waals surface area contributed by atoms with E-state index >= 15 is 0 Å². The SMILES string of the molecule is CC(C)N=C(N)c1ccc(C(=O)Nc2cccc(NC(=O)c3ccc(C(N)=NC(C)C)cc3)n2)cc1.Cl.Cl. The summed E-state index contributed by atoms with van der Waals surface area (Å²) in [4.78, 5) is 38.3. The van der Waals surface area contributed by atoms with Crippen molar-refractivity contribution in [3.05, 3.63) is 89.0 Å². The fourth-order valence-electron chi connectivity index (χ4n) is 3.24. The molecule has 38 heavy (non-hydrogen) atoms. The number of amides is 2. The van der Waals surface area contributed by atoms with E-state index in [1.807, 2.05) is 27.7 Å². The molecular formula is C27H33Cl2N7O2. The lowest BCUT2D eigenvalue weighted by molar-refractivity contribution is 0.101. The Morgan fingerprint density at radius 3 is 1.26 bits per heavy atom. The number of carbonyl (C=O) groups is 2. The van der Waals surface area contributed by atoms with E-state index in [1.54, 1.807) is 66.7 Å². The molecule has 2 amide bonds. The van der Waals surface area contributed by atoms with E-state index in [0.717, 1.165) is 11.1 Å². The predicted molar refractivity (Wildman–Crippen MR) is 159 cm³/mol. The number of carbonyl (C=O) groups excluding carboxylic acids is 2. The summed E-state index contributed by atoms with van der Waals surface area (Å²) in [5.74, 6) is 0.764. The third-order valence-corrected chi connectivity index (χ3v) is 4.91. The van der Waals surface area contributed by atoms with Crippen LogP contribution in [-0.4, -0.2) is 40.6 Å². The number of rotatable bonds is 8. The standard InChI is InChI=1S/C27H31N7O2.2ClH/c1-16(2)30-24(28)18-8-12-20(13-9-18)26(35)33-22-6-5-7-23(32-22)34-27(36)21-14-10-19(11-15-21)25(29)31-17(3)4;;/h5-17H,1-4H3,(H2,28,30)(H2,29,31)(H2,32,33,34,35,36);2*1H. The van der Waals surface area contributed by atoms with Gasteiger partial charge in [0.15, 0.2) is 0 Å². The molecule has 0 bridgehead atoms. The first-order chi connectivity index (χ1) is 17.1. The molecule has 6 N–H and O–H groups in total. The van der Waals surface area contributed by atoms with Gasteiger partial charge in [-0.3, -0.25) is 19.6 Å². The summed E-state index contributed by atoms with van der Waals surface area (Å²) in [6.45, 7) is 7.76. The summed E-state index contributed by atoms with van der Waals surface area (Å²) in [5.41, 5.74) is 14.3. The van der Waals surface area contributed by atoms with Crippen LogP contribution in [0.25, 0.3) is 0 Å². The molecule has 0 saturated carbocycles. The minimum atomic E-state index is -0.340. The van der Waals surface area contributed by atoms with Crippen molar-refractivity contribution in [2.24, 2.45) is 21.5 Å². The van der Waals surface area contributed by atoms with Gasteiger partial charge in [0.05, 0.1) is 0 Å². The molecule has 3 rings (SSSR count). The van der Waals surface area contributed by atoms with Crippen molar-refractivity contribution in [1.82, 2.24) is 4.98 Å². The molecule has 9 nitrogen and oxygen atoms in total. The third kappa shape index (κ3) is 9.17. The van der Waals surface area contributed by atoms with Gasteiger partial charge in [-0.25, -0.2) is 4.98 Å². The Hall–Kier alpha value is -3.95. The Morgan fingerprint density at radius 2 is 0.947 bits per heavy atom. The lowest BCUT2D eigenvalue weighted by Gasteiger charge is -2.09. The minimum Gasteiger partial charge on any atom is -0.383 e. The van der Waals surface area contributed by atoms with Crippen LogP contribution < -0.4 is 22.1 Å². The first-order valence-corrected chi connectivity index (χ1v) is 11.6. The van der Waals surface area contributed by atoms with Crippen molar-refractivity contribution in [2.75, 3.05) is 10.6 Å². The smallest absolute Gasteiger partial charge is 0.256 e. The Kier molecular flexibility index (Phi) is 12.4. The van der Waals surface area contributed by atoms with Crippen LogP contribution in [0.15, 0.2) is 76.7 Å². The lowest BCUT2D eigenvalue weighted by Crippen LogP contribution is -2.18. The van der Waals surface area contributed by atoms with Crippen molar-refractivity contribution < 1.29 is 9.59 Å². The number of pyridine rings is 1. The molecule has 1 aromatic heterocycles. The molecule has 0 unspecified atom stereocenters. The Bertz CT molecular complexity index is 1190. The summed E-state index contributed by atoms with van der Waals surface area (Å²) in [6.07, 6.45) is 0. The Morgan fingerprint density at radius 1 is 0.632 bits per heavy atom. The fourth-order valence-corrected chi connectivity index (χ4v) is 3.24. The molecule has 0 radical (unpaired) electrons. The maximum absolute atomic E-state index is 12.7. The van der Waals surface area contributed by atoms with E-state index in [4.69, 9.17) is 11.5 Å². The largest absolute Gasteiger partial charge is 0.383 e. The first kappa shape index (κ1) is 32.1. The third-order valence-electron chi connectivity index (χ3n) is 4.91. The van der Waals surface area contributed by atoms with E-state index in [9.17, 15) is 9.59 Å². The van der Waals surface area contributed by atoms with Gasteiger partial charge in [0.25, 0.3) is 11.8 Å². The van der Waals surface area contributed by atoms with Crippen LogP contribution in [0.2, 0.25) is 0 Å². The van der Waals surface area contributed by atoms with Gasteiger partial charge in [-0.2, -0.15) is 0 Å². The van der Waals surface area contributed by atoms with E-state index in [1.165, 1.54) is 0 Å². The van der Waals surface area contributed by atoms with Gasteiger partial charge < -0.3 is 22.1 Å². The first-order valence-electron chi connectivity index (χ1n) is 11.6. The highest BCUT2D eigenvalue weighted by atomic mass is 35.5. The second kappa shape index (κ2) is 14.7. The second-order valence-corrected chi connectivity index (χ2v) is 8.69. The second-order valence-electron chi connectivity index (χ2n) is 8.69. The topological polar surface area (TPSA) is 148 Å².